The number of amides is 1. The summed E-state index contributed by atoms with van der Waals surface area (Å²) < 4.78 is 37.0. The van der Waals surface area contributed by atoms with Gasteiger partial charge in [-0.2, -0.15) is 18.4 Å². The summed E-state index contributed by atoms with van der Waals surface area (Å²) in [6.45, 7) is 0.396. The number of piperazine rings is 1. The monoisotopic (exact) mass is 360 g/mol. The van der Waals surface area contributed by atoms with E-state index in [2.05, 4.69) is 5.32 Å². The molecule has 0 bridgehead atoms. The van der Waals surface area contributed by atoms with Gasteiger partial charge in [-0.05, 0) is 18.2 Å². The van der Waals surface area contributed by atoms with Gasteiger partial charge in [0.1, 0.15) is 6.07 Å². The third kappa shape index (κ3) is 5.67. The van der Waals surface area contributed by atoms with Gasteiger partial charge < -0.3 is 5.32 Å². The van der Waals surface area contributed by atoms with Crippen molar-refractivity contribution in [1.29, 1.82) is 5.26 Å². The van der Waals surface area contributed by atoms with Crippen molar-refractivity contribution in [3.05, 3.63) is 28.8 Å². The minimum atomic E-state index is -4.21. The highest BCUT2D eigenvalue weighted by Gasteiger charge is 2.32. The van der Waals surface area contributed by atoms with Crippen molar-refractivity contribution in [2.45, 2.75) is 6.18 Å². The summed E-state index contributed by atoms with van der Waals surface area (Å²) in [5.74, 6) is -0.335. The molecule has 0 saturated carbocycles. The average Bonchev–Trinajstić information content (AvgIpc) is 2.48. The Morgan fingerprint density at radius 3 is 2.46 bits per heavy atom. The summed E-state index contributed by atoms with van der Waals surface area (Å²) in [7, 11) is 0. The number of nitrogens with one attached hydrogen (secondary N) is 1. The van der Waals surface area contributed by atoms with Crippen LogP contribution in [0.1, 0.15) is 5.56 Å². The Kier molecular flexibility index (Phi) is 6.04. The molecule has 1 amide bonds. The van der Waals surface area contributed by atoms with E-state index in [-0.39, 0.29) is 25.5 Å². The molecule has 1 aromatic carbocycles. The van der Waals surface area contributed by atoms with E-state index in [4.69, 9.17) is 16.9 Å². The van der Waals surface area contributed by atoms with Gasteiger partial charge in [-0.25, -0.2) is 0 Å². The maximum atomic E-state index is 12.3. The number of nitriles is 1. The molecule has 0 spiro atoms. The third-order valence-electron chi connectivity index (χ3n) is 3.61. The molecule has 5 nitrogen and oxygen atoms in total. The van der Waals surface area contributed by atoms with Crippen molar-refractivity contribution in [3.63, 3.8) is 0 Å². The Morgan fingerprint density at radius 2 is 1.88 bits per heavy atom. The number of carbonyl (C=O) groups is 1. The molecule has 0 aliphatic carbocycles. The first-order valence-electron chi connectivity index (χ1n) is 7.28. The zero-order valence-electron chi connectivity index (χ0n) is 12.7. The second-order valence-electron chi connectivity index (χ2n) is 5.52. The Bertz CT molecular complexity index is 637. The first-order valence-corrected chi connectivity index (χ1v) is 7.65. The van der Waals surface area contributed by atoms with Crippen molar-refractivity contribution in [1.82, 2.24) is 9.80 Å². The lowest BCUT2D eigenvalue weighted by Crippen LogP contribution is -2.50. The van der Waals surface area contributed by atoms with Crippen LogP contribution in [0.5, 0.6) is 0 Å². The number of anilines is 1. The van der Waals surface area contributed by atoms with Crippen LogP contribution in [0.2, 0.25) is 5.02 Å². The Morgan fingerprint density at radius 1 is 1.25 bits per heavy atom. The van der Waals surface area contributed by atoms with Gasteiger partial charge in [-0.15, -0.1) is 0 Å². The number of rotatable bonds is 4. The molecule has 1 saturated heterocycles. The minimum Gasteiger partial charge on any atom is -0.324 e. The maximum absolute atomic E-state index is 12.3. The number of alkyl halides is 3. The lowest BCUT2D eigenvalue weighted by Gasteiger charge is -2.34. The van der Waals surface area contributed by atoms with Gasteiger partial charge in [0.2, 0.25) is 5.91 Å². The van der Waals surface area contributed by atoms with Crippen LogP contribution in [0, 0.1) is 11.3 Å². The summed E-state index contributed by atoms with van der Waals surface area (Å²) in [5, 5.41) is 12.0. The van der Waals surface area contributed by atoms with E-state index in [0.717, 1.165) is 0 Å². The second kappa shape index (κ2) is 7.83. The zero-order chi connectivity index (χ0) is 17.7. The molecule has 2 rings (SSSR count). The molecular formula is C15H16ClF3N4O. The molecule has 0 atom stereocenters. The molecule has 1 aliphatic rings. The van der Waals surface area contributed by atoms with Crippen molar-refractivity contribution >= 4 is 23.2 Å². The molecule has 0 aromatic heterocycles. The number of benzene rings is 1. The molecule has 0 radical (unpaired) electrons. The summed E-state index contributed by atoms with van der Waals surface area (Å²) >= 11 is 5.85. The summed E-state index contributed by atoms with van der Waals surface area (Å²) in [5.41, 5.74) is 0.619. The number of nitrogens with zero attached hydrogens (tertiary/aromatic N) is 3. The van der Waals surface area contributed by atoms with Crippen molar-refractivity contribution in [2.24, 2.45) is 0 Å². The maximum Gasteiger partial charge on any atom is 0.401 e. The van der Waals surface area contributed by atoms with Gasteiger partial charge >= 0.3 is 6.18 Å². The third-order valence-corrected chi connectivity index (χ3v) is 3.85. The molecule has 9 heteroatoms. The average molecular weight is 361 g/mol. The molecule has 0 unspecified atom stereocenters. The van der Waals surface area contributed by atoms with Crippen LogP contribution in [0.4, 0.5) is 18.9 Å². The zero-order valence-corrected chi connectivity index (χ0v) is 13.5. The fourth-order valence-corrected chi connectivity index (χ4v) is 2.64. The topological polar surface area (TPSA) is 59.4 Å². The largest absolute Gasteiger partial charge is 0.401 e. The Balaban J connectivity index is 1.84. The Labute approximate surface area is 142 Å². The lowest BCUT2D eigenvalue weighted by molar-refractivity contribution is -0.149. The lowest BCUT2D eigenvalue weighted by atomic mass is 10.2. The molecule has 130 valence electrons. The number of hydrogen-bond donors (Lipinski definition) is 1. The normalized spacial score (nSPS) is 16.6. The van der Waals surface area contributed by atoms with Gasteiger partial charge in [0.15, 0.2) is 0 Å². The number of hydrogen-bond acceptors (Lipinski definition) is 4. The van der Waals surface area contributed by atoms with Crippen molar-refractivity contribution < 1.29 is 18.0 Å². The number of halogens is 4. The molecule has 1 aromatic rings. The quantitative estimate of drug-likeness (QED) is 0.895. The van der Waals surface area contributed by atoms with E-state index in [0.29, 0.717) is 29.4 Å². The highest BCUT2D eigenvalue weighted by Crippen LogP contribution is 2.20. The predicted octanol–water partition coefficient (Wildman–Crippen LogP) is 2.33. The van der Waals surface area contributed by atoms with Gasteiger partial charge in [0.05, 0.1) is 24.3 Å². The SMILES string of the molecule is N#Cc1ccc(Cl)cc1NC(=O)CN1CCN(CC(F)(F)F)CC1. The highest BCUT2D eigenvalue weighted by molar-refractivity contribution is 6.31. The van der Waals surface area contributed by atoms with Crippen LogP contribution in [-0.4, -0.2) is 61.2 Å². The summed E-state index contributed by atoms with van der Waals surface area (Å²) in [4.78, 5) is 15.2. The fraction of sp³-hybridized carbons (Fsp3) is 0.467. The molecule has 24 heavy (non-hydrogen) atoms. The molecular weight excluding hydrogens is 345 g/mol. The standard InChI is InChI=1S/C15H16ClF3N4O/c16-12-2-1-11(8-20)13(7-12)21-14(24)9-22-3-5-23(6-4-22)10-15(17,18)19/h1-2,7H,3-6,9-10H2,(H,21,24). The van der Waals surface area contributed by atoms with E-state index in [9.17, 15) is 18.0 Å². The van der Waals surface area contributed by atoms with Crippen LogP contribution < -0.4 is 5.32 Å². The molecule has 1 aliphatic heterocycles. The first-order chi connectivity index (χ1) is 11.3. The van der Waals surface area contributed by atoms with Gasteiger partial charge in [0, 0.05) is 31.2 Å². The summed E-state index contributed by atoms with van der Waals surface area (Å²) in [6.07, 6.45) is -4.21. The smallest absolute Gasteiger partial charge is 0.324 e. The van der Waals surface area contributed by atoms with Gasteiger partial charge in [0.25, 0.3) is 0 Å². The van der Waals surface area contributed by atoms with Crippen LogP contribution in [-0.2, 0) is 4.79 Å². The van der Waals surface area contributed by atoms with Crippen LogP contribution in [0.3, 0.4) is 0 Å². The van der Waals surface area contributed by atoms with Crippen LogP contribution in [0.25, 0.3) is 0 Å². The van der Waals surface area contributed by atoms with Crippen LogP contribution >= 0.6 is 11.6 Å². The minimum absolute atomic E-state index is 0.0528. The number of carbonyl (C=O) groups excluding carboxylic acids is 1. The molecule has 1 fully saturated rings. The van der Waals surface area contributed by atoms with E-state index < -0.39 is 12.7 Å². The molecule has 1 heterocycles. The van der Waals surface area contributed by atoms with E-state index in [1.165, 1.54) is 17.0 Å². The van der Waals surface area contributed by atoms with Gasteiger partial charge in [-0.1, -0.05) is 11.6 Å². The van der Waals surface area contributed by atoms with Crippen molar-refractivity contribution in [3.8, 4) is 6.07 Å². The fourth-order valence-electron chi connectivity index (χ4n) is 2.47. The van der Waals surface area contributed by atoms with E-state index >= 15 is 0 Å². The Hall–Kier alpha value is -1.82. The summed E-state index contributed by atoms with van der Waals surface area (Å²) in [6, 6.07) is 6.50. The predicted molar refractivity (Wildman–Crippen MR) is 83.7 cm³/mol. The van der Waals surface area contributed by atoms with E-state index in [1.807, 2.05) is 6.07 Å². The molecule has 1 N–H and O–H groups in total. The van der Waals surface area contributed by atoms with E-state index in [1.54, 1.807) is 11.0 Å². The second-order valence-corrected chi connectivity index (χ2v) is 5.95. The van der Waals surface area contributed by atoms with Crippen molar-refractivity contribution in [2.75, 3.05) is 44.6 Å². The first kappa shape index (κ1) is 18.5. The highest BCUT2D eigenvalue weighted by atomic mass is 35.5. The van der Waals surface area contributed by atoms with Gasteiger partial charge in [-0.3, -0.25) is 14.6 Å². The van der Waals surface area contributed by atoms with Crippen LogP contribution in [0.15, 0.2) is 18.2 Å².